The molecule has 20 heavy (non-hydrogen) atoms. The van der Waals surface area contributed by atoms with E-state index in [0.717, 1.165) is 11.1 Å². The summed E-state index contributed by atoms with van der Waals surface area (Å²) in [6, 6.07) is 7.74. The molecule has 1 aromatic carbocycles. The summed E-state index contributed by atoms with van der Waals surface area (Å²) < 4.78 is 5.01. The van der Waals surface area contributed by atoms with Crippen molar-refractivity contribution < 1.29 is 14.3 Å². The van der Waals surface area contributed by atoms with Gasteiger partial charge in [-0.15, -0.1) is 12.4 Å². The van der Waals surface area contributed by atoms with E-state index in [4.69, 9.17) is 10.5 Å². The van der Waals surface area contributed by atoms with Gasteiger partial charge in [0.25, 0.3) is 0 Å². The van der Waals surface area contributed by atoms with E-state index in [-0.39, 0.29) is 37.3 Å². The minimum atomic E-state index is -0.348. The first-order valence-corrected chi connectivity index (χ1v) is 5.96. The fraction of sp³-hybridized carbons (Fsp3) is 0.385. The summed E-state index contributed by atoms with van der Waals surface area (Å²) in [6.07, 6.45) is 0. The number of ether oxygens (including phenoxy) is 1. The van der Waals surface area contributed by atoms with Crippen molar-refractivity contribution in [2.45, 2.75) is 13.2 Å². The molecule has 0 saturated carbocycles. The van der Waals surface area contributed by atoms with Crippen molar-refractivity contribution in [1.82, 2.24) is 10.6 Å². The van der Waals surface area contributed by atoms with E-state index < -0.39 is 0 Å². The van der Waals surface area contributed by atoms with E-state index in [9.17, 15) is 9.59 Å². The third kappa shape index (κ3) is 7.08. The Morgan fingerprint density at radius 1 is 1.10 bits per heavy atom. The average Bonchev–Trinajstić information content (AvgIpc) is 2.44. The Kier molecular flexibility index (Phi) is 9.36. The lowest BCUT2D eigenvalue weighted by Gasteiger charge is -2.07. The fourth-order valence-electron chi connectivity index (χ4n) is 1.43. The summed E-state index contributed by atoms with van der Waals surface area (Å²) in [5.74, 6) is -0.596. The summed E-state index contributed by atoms with van der Waals surface area (Å²) in [6.45, 7) is 0.814. The topological polar surface area (TPSA) is 93.5 Å². The molecule has 0 fully saturated rings. The fourth-order valence-corrected chi connectivity index (χ4v) is 1.43. The lowest BCUT2D eigenvalue weighted by atomic mass is 10.1. The van der Waals surface area contributed by atoms with Gasteiger partial charge in [-0.25, -0.2) is 0 Å². The van der Waals surface area contributed by atoms with Crippen LogP contribution in [-0.2, 0) is 27.5 Å². The predicted octanol–water partition coefficient (Wildman–Crippen LogP) is -0.0541. The van der Waals surface area contributed by atoms with Crippen LogP contribution >= 0.6 is 12.4 Å². The van der Waals surface area contributed by atoms with Crippen LogP contribution in [0.4, 0.5) is 0 Å². The van der Waals surface area contributed by atoms with Gasteiger partial charge < -0.3 is 21.1 Å². The van der Waals surface area contributed by atoms with Gasteiger partial charge in [-0.3, -0.25) is 9.59 Å². The molecule has 0 aliphatic heterocycles. The molecule has 0 heterocycles. The van der Waals surface area contributed by atoms with Gasteiger partial charge >= 0.3 is 0 Å². The third-order valence-corrected chi connectivity index (χ3v) is 2.46. The van der Waals surface area contributed by atoms with Gasteiger partial charge in [0.1, 0.15) is 0 Å². The summed E-state index contributed by atoms with van der Waals surface area (Å²) in [4.78, 5) is 22.3. The van der Waals surface area contributed by atoms with Crippen molar-refractivity contribution in [1.29, 1.82) is 0 Å². The molecule has 1 aromatic rings. The monoisotopic (exact) mass is 301 g/mol. The van der Waals surface area contributed by atoms with Crippen molar-refractivity contribution in [3.8, 4) is 0 Å². The number of hydrogen-bond acceptors (Lipinski definition) is 4. The molecule has 0 aromatic heterocycles. The van der Waals surface area contributed by atoms with Crippen LogP contribution in [0, 0.1) is 0 Å². The van der Waals surface area contributed by atoms with Gasteiger partial charge in [-0.05, 0) is 11.1 Å². The number of carbonyl (C=O) groups excluding carboxylic acids is 2. The van der Waals surface area contributed by atoms with Gasteiger partial charge in [0.2, 0.25) is 11.8 Å². The van der Waals surface area contributed by atoms with Crippen LogP contribution < -0.4 is 16.4 Å². The first kappa shape index (κ1) is 18.4. The minimum Gasteiger partial charge on any atom is -0.380 e. The number of methoxy groups -OCH3 is 1. The van der Waals surface area contributed by atoms with Gasteiger partial charge in [-0.1, -0.05) is 24.3 Å². The highest BCUT2D eigenvalue weighted by molar-refractivity contribution is 5.85. The highest BCUT2D eigenvalue weighted by Gasteiger charge is 2.03. The lowest BCUT2D eigenvalue weighted by molar-refractivity contribution is -0.125. The maximum Gasteiger partial charge on any atom is 0.239 e. The number of hydrogen-bond donors (Lipinski definition) is 3. The van der Waals surface area contributed by atoms with Crippen LogP contribution in [0.15, 0.2) is 24.3 Å². The van der Waals surface area contributed by atoms with Crippen LogP contribution in [0.1, 0.15) is 11.1 Å². The number of halogens is 1. The van der Waals surface area contributed by atoms with Crippen LogP contribution in [0.5, 0.6) is 0 Å². The molecule has 0 aliphatic rings. The molecular formula is C13H20ClN3O3. The van der Waals surface area contributed by atoms with Crippen LogP contribution in [0.2, 0.25) is 0 Å². The molecule has 0 unspecified atom stereocenters. The normalized spacial score (nSPS) is 9.50. The Morgan fingerprint density at radius 2 is 1.70 bits per heavy atom. The zero-order chi connectivity index (χ0) is 14.1. The van der Waals surface area contributed by atoms with E-state index in [1.54, 1.807) is 7.11 Å². The SMILES string of the molecule is COCc1ccc(CNC(=O)CNC(=O)CN)cc1.Cl. The number of benzene rings is 1. The van der Waals surface area contributed by atoms with E-state index in [1.807, 2.05) is 24.3 Å². The highest BCUT2D eigenvalue weighted by atomic mass is 35.5. The first-order chi connectivity index (χ1) is 9.15. The van der Waals surface area contributed by atoms with E-state index in [0.29, 0.717) is 13.2 Å². The van der Waals surface area contributed by atoms with Crippen LogP contribution in [0.25, 0.3) is 0 Å². The molecule has 7 heteroatoms. The van der Waals surface area contributed by atoms with Gasteiger partial charge in [0, 0.05) is 13.7 Å². The Balaban J connectivity index is 0.00000361. The Bertz CT molecular complexity index is 423. The van der Waals surface area contributed by atoms with Gasteiger partial charge in [0.15, 0.2) is 0 Å². The second-order valence-corrected chi connectivity index (χ2v) is 4.01. The summed E-state index contributed by atoms with van der Waals surface area (Å²) >= 11 is 0. The Labute approximate surface area is 124 Å². The molecule has 1 rings (SSSR count). The van der Waals surface area contributed by atoms with Crippen molar-refractivity contribution in [3.05, 3.63) is 35.4 Å². The average molecular weight is 302 g/mol. The van der Waals surface area contributed by atoms with E-state index in [1.165, 1.54) is 0 Å². The number of nitrogens with two attached hydrogens (primary N) is 1. The number of amides is 2. The summed E-state index contributed by atoms with van der Waals surface area (Å²) in [5.41, 5.74) is 7.17. The second-order valence-electron chi connectivity index (χ2n) is 4.01. The highest BCUT2D eigenvalue weighted by Crippen LogP contribution is 2.05. The molecule has 0 saturated heterocycles. The van der Waals surface area contributed by atoms with Crippen molar-refractivity contribution in [2.75, 3.05) is 20.2 Å². The van der Waals surface area contributed by atoms with Gasteiger partial charge in [-0.2, -0.15) is 0 Å². The zero-order valence-corrected chi connectivity index (χ0v) is 12.2. The molecule has 0 atom stereocenters. The molecule has 2 amide bonds. The van der Waals surface area contributed by atoms with Gasteiger partial charge in [0.05, 0.1) is 19.7 Å². The van der Waals surface area contributed by atoms with E-state index in [2.05, 4.69) is 10.6 Å². The number of rotatable bonds is 7. The molecule has 0 aliphatic carbocycles. The number of carbonyl (C=O) groups is 2. The zero-order valence-electron chi connectivity index (χ0n) is 11.3. The molecule has 4 N–H and O–H groups in total. The number of nitrogens with one attached hydrogen (secondary N) is 2. The molecular weight excluding hydrogens is 282 g/mol. The third-order valence-electron chi connectivity index (χ3n) is 2.46. The second kappa shape index (κ2) is 10.2. The lowest BCUT2D eigenvalue weighted by Crippen LogP contribution is -2.39. The summed E-state index contributed by atoms with van der Waals surface area (Å²) in [7, 11) is 1.64. The van der Waals surface area contributed by atoms with Crippen molar-refractivity contribution in [2.24, 2.45) is 5.73 Å². The molecule has 0 bridgehead atoms. The Hall–Kier alpha value is -1.63. The molecule has 0 radical (unpaired) electrons. The molecule has 6 nitrogen and oxygen atoms in total. The largest absolute Gasteiger partial charge is 0.380 e. The first-order valence-electron chi connectivity index (χ1n) is 5.96. The quantitative estimate of drug-likeness (QED) is 0.658. The van der Waals surface area contributed by atoms with Crippen molar-refractivity contribution >= 4 is 24.2 Å². The predicted molar refractivity (Wildman–Crippen MR) is 78.3 cm³/mol. The standard InChI is InChI=1S/C13H19N3O3.ClH/c1-19-9-11-4-2-10(3-5-11)7-15-13(18)8-16-12(17)6-14;/h2-5H,6-9,14H2,1H3,(H,15,18)(H,16,17);1H. The maximum atomic E-state index is 11.4. The van der Waals surface area contributed by atoms with E-state index >= 15 is 0 Å². The van der Waals surface area contributed by atoms with Crippen LogP contribution in [0.3, 0.4) is 0 Å². The minimum absolute atomic E-state index is 0. The molecule has 0 spiro atoms. The Morgan fingerprint density at radius 3 is 2.25 bits per heavy atom. The van der Waals surface area contributed by atoms with Crippen LogP contribution in [-0.4, -0.2) is 32.0 Å². The maximum absolute atomic E-state index is 11.4. The molecule has 112 valence electrons. The smallest absolute Gasteiger partial charge is 0.239 e. The van der Waals surface area contributed by atoms with Crippen molar-refractivity contribution in [3.63, 3.8) is 0 Å². The summed E-state index contributed by atoms with van der Waals surface area (Å²) in [5, 5.41) is 5.11.